The predicted molar refractivity (Wildman–Crippen MR) is 134 cm³/mol. The maximum absolute atomic E-state index is 15.9. The summed E-state index contributed by atoms with van der Waals surface area (Å²) < 4.78 is 21.3. The normalized spacial score (nSPS) is 30.6. The Morgan fingerprint density at radius 1 is 1.23 bits per heavy atom. The molecule has 6 N–H and O–H groups in total. The summed E-state index contributed by atoms with van der Waals surface area (Å²) in [6.07, 6.45) is 0.589. The topological polar surface area (TPSA) is 174 Å². The largest absolute Gasteiger partial charge is 0.510 e. The van der Waals surface area contributed by atoms with Gasteiger partial charge in [-0.25, -0.2) is 4.39 Å². The van der Waals surface area contributed by atoms with Crippen LogP contribution in [0.1, 0.15) is 34.3 Å². The van der Waals surface area contributed by atoms with Gasteiger partial charge in [0.2, 0.25) is 5.78 Å². The molecule has 1 heterocycles. The SMILES string of the molecule is CN(C)[C@@H]1C(O)=C(C(N)=O)C(=O)[C@@]2(O)C(O)=C3C(=O)c4c(O)cc(CN(C)[C@@H]5CCOC5)c(F)c4C[C@H]3C[C@@H]12. The van der Waals surface area contributed by atoms with Crippen LogP contribution < -0.4 is 5.73 Å². The van der Waals surface area contributed by atoms with Crippen molar-refractivity contribution in [2.24, 2.45) is 17.6 Å². The number of carbonyl (C=O) groups excluding carboxylic acids is 3. The van der Waals surface area contributed by atoms with Crippen LogP contribution in [-0.2, 0) is 27.3 Å². The molecule has 0 spiro atoms. The van der Waals surface area contributed by atoms with Gasteiger partial charge in [0.15, 0.2) is 11.4 Å². The number of likely N-dealkylation sites (N-methyl/N-ethyl adjacent to an activating group) is 2. The predicted octanol–water partition coefficient (Wildman–Crippen LogP) is 0.480. The molecule has 39 heavy (non-hydrogen) atoms. The van der Waals surface area contributed by atoms with Crippen LogP contribution in [0.5, 0.6) is 5.75 Å². The number of phenols is 1. The minimum Gasteiger partial charge on any atom is -0.510 e. The molecule has 1 saturated heterocycles. The Hall–Kier alpha value is -3.32. The number of primary amides is 1. The van der Waals surface area contributed by atoms with Crippen molar-refractivity contribution in [3.05, 3.63) is 51.2 Å². The number of Topliss-reactive ketones (excluding diaryl/α,β-unsaturated/α-hetero) is 2. The van der Waals surface area contributed by atoms with E-state index in [-0.39, 0.29) is 47.7 Å². The zero-order valence-electron chi connectivity index (χ0n) is 21.9. The first-order chi connectivity index (χ1) is 18.3. The summed E-state index contributed by atoms with van der Waals surface area (Å²) in [6, 6.07) is 0.156. The third kappa shape index (κ3) is 3.88. The van der Waals surface area contributed by atoms with Gasteiger partial charge in [-0.1, -0.05) is 0 Å². The number of phenolic OH excluding ortho intramolecular Hbond substituents is 1. The Morgan fingerprint density at radius 2 is 1.92 bits per heavy atom. The Morgan fingerprint density at radius 3 is 2.51 bits per heavy atom. The van der Waals surface area contributed by atoms with Gasteiger partial charge in [0, 0.05) is 41.8 Å². The smallest absolute Gasteiger partial charge is 0.255 e. The molecule has 3 aliphatic carbocycles. The molecule has 0 radical (unpaired) electrons. The van der Waals surface area contributed by atoms with Crippen LogP contribution in [0, 0.1) is 17.7 Å². The fraction of sp³-hybridized carbons (Fsp3) is 0.519. The second-order valence-corrected chi connectivity index (χ2v) is 11.1. The van der Waals surface area contributed by atoms with E-state index in [1.54, 1.807) is 14.1 Å². The quantitative estimate of drug-likeness (QED) is 0.328. The van der Waals surface area contributed by atoms with Crippen LogP contribution in [0.2, 0.25) is 0 Å². The number of amides is 1. The summed E-state index contributed by atoms with van der Waals surface area (Å²) in [6.45, 7) is 1.29. The number of ketones is 2. The highest BCUT2D eigenvalue weighted by molar-refractivity contribution is 6.24. The molecular weight excluding hydrogens is 513 g/mol. The second-order valence-electron chi connectivity index (χ2n) is 11.1. The van der Waals surface area contributed by atoms with Crippen molar-refractivity contribution < 1.29 is 43.9 Å². The summed E-state index contributed by atoms with van der Waals surface area (Å²) in [4.78, 5) is 42.4. The molecule has 5 atom stereocenters. The van der Waals surface area contributed by atoms with E-state index in [1.165, 1.54) is 11.0 Å². The molecule has 0 aromatic heterocycles. The molecule has 4 aliphatic rings. The number of ether oxygens (including phenoxy) is 1. The van der Waals surface area contributed by atoms with Gasteiger partial charge in [-0.05, 0) is 52.4 Å². The molecule has 1 amide bonds. The lowest BCUT2D eigenvalue weighted by Gasteiger charge is -2.50. The Kier molecular flexibility index (Phi) is 6.57. The monoisotopic (exact) mass is 545 g/mol. The lowest BCUT2D eigenvalue weighted by atomic mass is 9.58. The number of hydrogen-bond acceptors (Lipinski definition) is 10. The van der Waals surface area contributed by atoms with Crippen LogP contribution in [0.15, 0.2) is 28.7 Å². The number of nitrogens with zero attached hydrogens (tertiary/aromatic N) is 2. The highest BCUT2D eigenvalue weighted by atomic mass is 19.1. The van der Waals surface area contributed by atoms with Gasteiger partial charge in [0.1, 0.15) is 28.7 Å². The minimum absolute atomic E-state index is 0.0146. The second kappa shape index (κ2) is 9.40. The molecule has 0 bridgehead atoms. The van der Waals surface area contributed by atoms with Crippen molar-refractivity contribution in [3.63, 3.8) is 0 Å². The fourth-order valence-corrected chi connectivity index (χ4v) is 6.74. The first-order valence-corrected chi connectivity index (χ1v) is 12.8. The Bertz CT molecular complexity index is 1350. The maximum Gasteiger partial charge on any atom is 0.255 e. The summed E-state index contributed by atoms with van der Waals surface area (Å²) in [7, 11) is 4.91. The summed E-state index contributed by atoms with van der Waals surface area (Å²) in [5.74, 6) is -8.29. The van der Waals surface area contributed by atoms with E-state index in [4.69, 9.17) is 10.5 Å². The van der Waals surface area contributed by atoms with Crippen LogP contribution in [0.4, 0.5) is 4.39 Å². The average Bonchev–Trinajstić information content (AvgIpc) is 3.39. The lowest BCUT2D eigenvalue weighted by molar-refractivity contribution is -0.148. The molecule has 0 unspecified atom stereocenters. The molecule has 5 rings (SSSR count). The standard InChI is InChI=1S/C27H32FN3O8/c1-30(2)21-15-7-11-6-14-18(16(32)8-12(20(14)28)9-31(3)13-4-5-39-10-13)22(33)17(11)24(35)27(15,38)25(36)19(23(21)34)26(29)37/h8,11,13,15,21,32,34-35,38H,4-7,9-10H2,1-3H3,(H2,29,37)/t11-,13+,15-,21-,27-/m0/s1. The van der Waals surface area contributed by atoms with E-state index < -0.39 is 69.6 Å². The zero-order chi connectivity index (χ0) is 28.5. The number of aliphatic hydroxyl groups is 3. The summed E-state index contributed by atoms with van der Waals surface area (Å²) >= 11 is 0. The number of allylic oxidation sites excluding steroid dienone is 1. The van der Waals surface area contributed by atoms with Gasteiger partial charge in [-0.15, -0.1) is 0 Å². The first kappa shape index (κ1) is 27.3. The minimum atomic E-state index is -2.73. The van der Waals surface area contributed by atoms with Crippen molar-refractivity contribution >= 4 is 17.5 Å². The van der Waals surface area contributed by atoms with E-state index in [9.17, 15) is 34.8 Å². The van der Waals surface area contributed by atoms with Gasteiger partial charge in [0.25, 0.3) is 5.91 Å². The molecular formula is C27H32FN3O8. The van der Waals surface area contributed by atoms with Crippen LogP contribution in [-0.4, -0.2) is 99.7 Å². The van der Waals surface area contributed by atoms with Crippen LogP contribution >= 0.6 is 0 Å². The summed E-state index contributed by atoms with van der Waals surface area (Å²) in [5.41, 5.74) is 1.24. The van der Waals surface area contributed by atoms with E-state index in [2.05, 4.69) is 0 Å². The highest BCUT2D eigenvalue weighted by Crippen LogP contribution is 2.52. The third-order valence-corrected chi connectivity index (χ3v) is 8.68. The van der Waals surface area contributed by atoms with E-state index >= 15 is 4.39 Å². The van der Waals surface area contributed by atoms with Crippen molar-refractivity contribution in [1.82, 2.24) is 9.80 Å². The van der Waals surface area contributed by atoms with Crippen LogP contribution in [0.25, 0.3) is 0 Å². The van der Waals surface area contributed by atoms with Crippen molar-refractivity contribution in [3.8, 4) is 5.75 Å². The Labute approximate surface area is 223 Å². The molecule has 1 aromatic rings. The van der Waals surface area contributed by atoms with Gasteiger partial charge in [0.05, 0.1) is 18.2 Å². The fourth-order valence-electron chi connectivity index (χ4n) is 6.74. The third-order valence-electron chi connectivity index (χ3n) is 8.68. The molecule has 1 aliphatic heterocycles. The van der Waals surface area contributed by atoms with Crippen molar-refractivity contribution in [2.75, 3.05) is 34.4 Å². The number of aliphatic hydroxyl groups excluding tert-OH is 2. The van der Waals surface area contributed by atoms with Crippen LogP contribution in [0.3, 0.4) is 0 Å². The molecule has 0 saturated carbocycles. The maximum atomic E-state index is 15.9. The average molecular weight is 546 g/mol. The number of nitrogens with two attached hydrogens (primary N) is 1. The van der Waals surface area contributed by atoms with Gasteiger partial charge >= 0.3 is 0 Å². The van der Waals surface area contributed by atoms with Gasteiger partial charge in [-0.3, -0.25) is 24.2 Å². The lowest BCUT2D eigenvalue weighted by Crippen LogP contribution is -2.63. The molecule has 210 valence electrons. The van der Waals surface area contributed by atoms with E-state index in [0.717, 1.165) is 6.42 Å². The number of halogens is 1. The number of hydrogen-bond donors (Lipinski definition) is 5. The number of aromatic hydroxyl groups is 1. The highest BCUT2D eigenvalue weighted by Gasteiger charge is 2.63. The van der Waals surface area contributed by atoms with Crippen molar-refractivity contribution in [1.29, 1.82) is 0 Å². The number of carbonyl (C=O) groups is 3. The number of rotatable bonds is 5. The van der Waals surface area contributed by atoms with Gasteiger partial charge < -0.3 is 30.9 Å². The Balaban J connectivity index is 1.61. The molecule has 12 heteroatoms. The number of fused-ring (bicyclic) bond motifs is 3. The number of benzene rings is 1. The van der Waals surface area contributed by atoms with Crippen molar-refractivity contribution in [2.45, 2.75) is 43.5 Å². The summed E-state index contributed by atoms with van der Waals surface area (Å²) in [5, 5.41) is 44.5. The molecule has 11 nitrogen and oxygen atoms in total. The molecule has 1 fully saturated rings. The zero-order valence-corrected chi connectivity index (χ0v) is 21.9. The van der Waals surface area contributed by atoms with E-state index in [1.807, 2.05) is 11.9 Å². The van der Waals surface area contributed by atoms with E-state index in [0.29, 0.717) is 13.2 Å². The molecule has 1 aromatic carbocycles. The first-order valence-electron chi connectivity index (χ1n) is 12.8. The van der Waals surface area contributed by atoms with Gasteiger partial charge in [-0.2, -0.15) is 0 Å².